The van der Waals surface area contributed by atoms with E-state index in [4.69, 9.17) is 21.1 Å². The molecular weight excluding hydrogens is 518 g/mol. The number of ether oxygens (including phenoxy) is 2. The van der Waals surface area contributed by atoms with Gasteiger partial charge in [0.15, 0.2) is 0 Å². The van der Waals surface area contributed by atoms with Gasteiger partial charge in [-0.3, -0.25) is 4.79 Å². The van der Waals surface area contributed by atoms with Crippen LogP contribution in [0.1, 0.15) is 31.2 Å². The fraction of sp³-hybridized carbons (Fsp3) is 0.708. The summed E-state index contributed by atoms with van der Waals surface area (Å²) in [5.74, 6) is -1.80. The Morgan fingerprint density at radius 1 is 1.19 bits per heavy atom. The normalized spacial score (nSPS) is 38.6. The summed E-state index contributed by atoms with van der Waals surface area (Å²) in [6.07, 6.45) is -2.83. The predicted octanol–water partition coefficient (Wildman–Crippen LogP) is 1.10. The molecule has 1 amide bonds. The Morgan fingerprint density at radius 3 is 2.53 bits per heavy atom. The Labute approximate surface area is 218 Å². The molecule has 3 saturated heterocycles. The number of halogens is 3. The number of aliphatic hydroxyl groups is 3. The Bertz CT molecular complexity index is 910. The standard InChI is InChI=1S/C24H33ClF2N2O6S/c1-10(25)16(22-19(31)18(30)20(32)24(35-22)36-2)29-23(33)17-21-13(9-28-17)5-11(3-4-34-21)12-6-14(26)8-15(27)7-12/h6-8,10-11,13,16-22,24,28,30-32H,3-5,9H2,1-2H3,(H,29,33)/t10-,11-,13-,16+,17-,18?,19?,20?,21+,22?,24?/m0/s1. The van der Waals surface area contributed by atoms with Gasteiger partial charge in [-0.05, 0) is 49.6 Å². The second-order valence-corrected chi connectivity index (χ2v) is 11.4. The van der Waals surface area contributed by atoms with Gasteiger partial charge in [-0.1, -0.05) is 0 Å². The number of aliphatic hydroxyl groups excluding tert-OH is 3. The van der Waals surface area contributed by atoms with Gasteiger partial charge in [0, 0.05) is 25.1 Å². The van der Waals surface area contributed by atoms with Crippen LogP contribution in [-0.4, -0.2) is 94.1 Å². The molecule has 0 bridgehead atoms. The minimum Gasteiger partial charge on any atom is -0.388 e. The number of nitrogens with one attached hydrogen (secondary N) is 2. The van der Waals surface area contributed by atoms with Crippen molar-refractivity contribution in [3.8, 4) is 0 Å². The third-order valence-corrected chi connectivity index (χ3v) is 8.52. The molecule has 0 aliphatic carbocycles. The van der Waals surface area contributed by atoms with E-state index in [1.807, 2.05) is 0 Å². The molecule has 202 valence electrons. The van der Waals surface area contributed by atoms with Crippen molar-refractivity contribution in [1.29, 1.82) is 0 Å². The van der Waals surface area contributed by atoms with E-state index in [1.165, 1.54) is 23.9 Å². The fourth-order valence-electron chi connectivity index (χ4n) is 5.50. The zero-order valence-corrected chi connectivity index (χ0v) is 21.6. The summed E-state index contributed by atoms with van der Waals surface area (Å²) < 4.78 is 39.4. The molecule has 1 aromatic carbocycles. The van der Waals surface area contributed by atoms with E-state index in [9.17, 15) is 28.9 Å². The smallest absolute Gasteiger partial charge is 0.240 e. The van der Waals surface area contributed by atoms with Crippen molar-refractivity contribution in [2.75, 3.05) is 19.4 Å². The van der Waals surface area contributed by atoms with Crippen LogP contribution in [0.2, 0.25) is 0 Å². The number of rotatable bonds is 6. The molecular formula is C24H33ClF2N2O6S. The molecule has 1 aromatic rings. The van der Waals surface area contributed by atoms with Gasteiger partial charge in [0.2, 0.25) is 5.91 Å². The van der Waals surface area contributed by atoms with Crippen LogP contribution in [0.4, 0.5) is 8.78 Å². The zero-order chi connectivity index (χ0) is 26.1. The molecule has 12 heteroatoms. The number of thioether (sulfide) groups is 1. The van der Waals surface area contributed by atoms with E-state index >= 15 is 0 Å². The van der Waals surface area contributed by atoms with Crippen LogP contribution in [0.15, 0.2) is 18.2 Å². The van der Waals surface area contributed by atoms with Crippen molar-refractivity contribution < 1.29 is 38.4 Å². The highest BCUT2D eigenvalue weighted by Gasteiger charge is 2.49. The third-order valence-electron chi connectivity index (χ3n) is 7.39. The van der Waals surface area contributed by atoms with Crippen molar-refractivity contribution >= 4 is 29.3 Å². The minimum atomic E-state index is -1.46. The van der Waals surface area contributed by atoms with Crippen molar-refractivity contribution in [3.05, 3.63) is 35.4 Å². The molecule has 3 aliphatic heterocycles. The molecule has 3 heterocycles. The topological polar surface area (TPSA) is 120 Å². The van der Waals surface area contributed by atoms with Gasteiger partial charge < -0.3 is 35.4 Å². The summed E-state index contributed by atoms with van der Waals surface area (Å²) in [7, 11) is 0. The Kier molecular flexibility index (Phi) is 9.15. The van der Waals surface area contributed by atoms with E-state index in [1.54, 1.807) is 13.2 Å². The maximum Gasteiger partial charge on any atom is 0.240 e. The summed E-state index contributed by atoms with van der Waals surface area (Å²) >= 11 is 7.55. The molecule has 11 atom stereocenters. The highest BCUT2D eigenvalue weighted by Crippen LogP contribution is 2.37. The Balaban J connectivity index is 1.45. The number of benzene rings is 1. The quantitative estimate of drug-likeness (QED) is 0.334. The van der Waals surface area contributed by atoms with Crippen molar-refractivity contribution in [2.45, 2.75) is 79.1 Å². The summed E-state index contributed by atoms with van der Waals surface area (Å²) in [6.45, 7) is 2.46. The molecule has 5 N–H and O–H groups in total. The number of carbonyl (C=O) groups excluding carboxylic acids is 1. The number of carbonyl (C=O) groups is 1. The Hall–Kier alpha value is -1.05. The lowest BCUT2D eigenvalue weighted by Crippen LogP contribution is -2.65. The molecule has 3 fully saturated rings. The number of hydrogen-bond acceptors (Lipinski definition) is 8. The van der Waals surface area contributed by atoms with Gasteiger partial charge in [0.1, 0.15) is 47.5 Å². The molecule has 36 heavy (non-hydrogen) atoms. The van der Waals surface area contributed by atoms with Crippen LogP contribution in [-0.2, 0) is 14.3 Å². The van der Waals surface area contributed by atoms with Gasteiger partial charge in [0.05, 0.1) is 17.5 Å². The van der Waals surface area contributed by atoms with Crippen LogP contribution < -0.4 is 10.6 Å². The lowest BCUT2D eigenvalue weighted by molar-refractivity contribution is -0.205. The van der Waals surface area contributed by atoms with Crippen LogP contribution in [0.3, 0.4) is 0 Å². The molecule has 0 radical (unpaired) electrons. The van der Waals surface area contributed by atoms with Crippen molar-refractivity contribution in [2.24, 2.45) is 5.92 Å². The number of fused-ring (bicyclic) bond motifs is 1. The molecule has 0 spiro atoms. The van der Waals surface area contributed by atoms with Crippen molar-refractivity contribution in [1.82, 2.24) is 10.6 Å². The van der Waals surface area contributed by atoms with Crippen LogP contribution in [0, 0.1) is 17.6 Å². The van der Waals surface area contributed by atoms with E-state index in [0.29, 0.717) is 31.6 Å². The summed E-state index contributed by atoms with van der Waals surface area (Å²) in [4.78, 5) is 13.3. The average Bonchev–Trinajstić information content (AvgIpc) is 3.10. The van der Waals surface area contributed by atoms with Crippen LogP contribution >= 0.6 is 23.4 Å². The zero-order valence-electron chi connectivity index (χ0n) is 20.0. The Morgan fingerprint density at radius 2 is 1.89 bits per heavy atom. The first-order valence-corrected chi connectivity index (χ1v) is 13.8. The minimum absolute atomic E-state index is 0.0548. The second kappa shape index (κ2) is 11.8. The first kappa shape index (κ1) is 28.0. The lowest BCUT2D eigenvalue weighted by Gasteiger charge is -2.44. The molecule has 0 saturated carbocycles. The number of amides is 1. The van der Waals surface area contributed by atoms with Gasteiger partial charge in [-0.2, -0.15) is 0 Å². The van der Waals surface area contributed by atoms with E-state index in [-0.39, 0.29) is 11.8 Å². The van der Waals surface area contributed by atoms with Crippen molar-refractivity contribution in [3.63, 3.8) is 0 Å². The second-order valence-electron chi connectivity index (χ2n) is 9.79. The number of alkyl halides is 1. The summed E-state index contributed by atoms with van der Waals surface area (Å²) in [5.41, 5.74) is -0.222. The first-order chi connectivity index (χ1) is 17.1. The highest BCUT2D eigenvalue weighted by molar-refractivity contribution is 7.99. The molecule has 3 aliphatic rings. The molecule has 8 nitrogen and oxygen atoms in total. The van der Waals surface area contributed by atoms with Gasteiger partial charge in [-0.15, -0.1) is 23.4 Å². The van der Waals surface area contributed by atoms with Crippen LogP contribution in [0.25, 0.3) is 0 Å². The van der Waals surface area contributed by atoms with Gasteiger partial charge in [0.25, 0.3) is 0 Å². The molecule has 0 aromatic heterocycles. The lowest BCUT2D eigenvalue weighted by atomic mass is 9.85. The van der Waals surface area contributed by atoms with Gasteiger partial charge in [-0.25, -0.2) is 8.78 Å². The molecule has 5 unspecified atom stereocenters. The van der Waals surface area contributed by atoms with E-state index in [0.717, 1.165) is 6.07 Å². The first-order valence-electron chi connectivity index (χ1n) is 12.1. The van der Waals surface area contributed by atoms with E-state index < -0.39 is 71.0 Å². The summed E-state index contributed by atoms with van der Waals surface area (Å²) in [6, 6.07) is 1.97. The SMILES string of the molecule is CSC1OC([C@H](NC(=O)[C@H]2NC[C@@H]3C[C@@H](c4cc(F)cc(F)c4)CCO[C@H]32)[C@H](C)Cl)C(O)C(O)C1O. The maximum atomic E-state index is 13.8. The third kappa shape index (κ3) is 5.83. The number of hydrogen-bond donors (Lipinski definition) is 5. The van der Waals surface area contributed by atoms with E-state index in [2.05, 4.69) is 10.6 Å². The molecule has 4 rings (SSSR count). The van der Waals surface area contributed by atoms with Gasteiger partial charge >= 0.3 is 0 Å². The van der Waals surface area contributed by atoms with Crippen LogP contribution in [0.5, 0.6) is 0 Å². The monoisotopic (exact) mass is 550 g/mol. The predicted molar refractivity (Wildman–Crippen MR) is 131 cm³/mol. The highest BCUT2D eigenvalue weighted by atomic mass is 35.5. The average molecular weight is 551 g/mol. The fourth-order valence-corrected chi connectivity index (χ4v) is 6.38. The maximum absolute atomic E-state index is 13.8. The summed E-state index contributed by atoms with van der Waals surface area (Å²) in [5, 5.41) is 36.4. The largest absolute Gasteiger partial charge is 0.388 e.